The Bertz CT molecular complexity index is 3550. The normalized spacial score (nSPS) is 12.5. The third-order valence-electron chi connectivity index (χ3n) is 10.7. The fraction of sp³-hybridized carbons (Fsp3) is 0.125. The number of fused-ring (bicyclic) bond motifs is 2. The predicted molar refractivity (Wildman–Crippen MR) is 271 cm³/mol. The Balaban J connectivity index is 0.000000226. The Hall–Kier alpha value is -6.34. The van der Waals surface area contributed by atoms with Crippen LogP contribution < -0.4 is 19.2 Å². The molecule has 0 fully saturated rings. The third-order valence-corrected chi connectivity index (χ3v) is 19.0. The minimum atomic E-state index is -5.17. The molecule has 0 saturated heterocycles. The van der Waals surface area contributed by atoms with E-state index in [1.54, 1.807) is 59.2 Å². The highest BCUT2D eigenvalue weighted by Gasteiger charge is 2.41. The van der Waals surface area contributed by atoms with Crippen LogP contribution in [0, 0.1) is 11.6 Å². The van der Waals surface area contributed by atoms with E-state index >= 15 is 0 Å². The van der Waals surface area contributed by atoms with Gasteiger partial charge in [0.1, 0.15) is 21.6 Å². The quantitative estimate of drug-likeness (QED) is 0.117. The van der Waals surface area contributed by atoms with Gasteiger partial charge < -0.3 is 10.6 Å². The smallest absolute Gasteiger partial charge is 0.318 e. The van der Waals surface area contributed by atoms with Crippen LogP contribution in [-0.2, 0) is 55.1 Å². The van der Waals surface area contributed by atoms with Crippen molar-refractivity contribution in [1.29, 1.82) is 0 Å². The van der Waals surface area contributed by atoms with E-state index in [0.29, 0.717) is 53.4 Å². The van der Waals surface area contributed by atoms with Crippen molar-refractivity contribution in [1.82, 2.24) is 0 Å². The van der Waals surface area contributed by atoms with Gasteiger partial charge in [0.2, 0.25) is 0 Å². The molecule has 0 aliphatic rings. The maximum atomic E-state index is 13.9. The maximum Gasteiger partial charge on any atom is 0.471 e. The van der Waals surface area contributed by atoms with Gasteiger partial charge >= 0.3 is 36.5 Å². The zero-order chi connectivity index (χ0) is 57.5. The molecule has 0 radical (unpaired) electrons. The summed E-state index contributed by atoms with van der Waals surface area (Å²) < 4.78 is 242. The van der Waals surface area contributed by atoms with Crippen LogP contribution in [0.1, 0.15) is 22.3 Å². The number of halogens is 16. The molecule has 30 heteroatoms. The SMILES string of the molecule is O=C(Nc1ccc(S(=O)(=O)N(Cc2ccc(F)c(C(F)(F)F)c2)c2sc3ccccc3c2Br)cc1)C(F)(F)F.O=C(Nc1ccc(S(=O)(=O)N(Cc2ccc(F)c(C(F)(F)F)c2)c2sc3ccccc3c2Br)cc1)C(F)(F)F. The van der Waals surface area contributed by atoms with Crippen LogP contribution in [-0.4, -0.2) is 41.0 Å². The zero-order valence-corrected chi connectivity index (χ0v) is 44.6. The second kappa shape index (κ2) is 22.4. The second-order valence-electron chi connectivity index (χ2n) is 16.0. The molecule has 0 spiro atoms. The van der Waals surface area contributed by atoms with Crippen LogP contribution in [0.15, 0.2) is 152 Å². The van der Waals surface area contributed by atoms with E-state index in [2.05, 4.69) is 31.9 Å². The van der Waals surface area contributed by atoms with Crippen molar-refractivity contribution in [2.45, 2.75) is 47.6 Å². The summed E-state index contributed by atoms with van der Waals surface area (Å²) in [6, 6.07) is 25.4. The summed E-state index contributed by atoms with van der Waals surface area (Å²) in [5, 5.41) is 4.64. The van der Waals surface area contributed by atoms with E-state index in [1.165, 1.54) is 0 Å². The summed E-state index contributed by atoms with van der Waals surface area (Å²) in [7, 11) is -9.10. The van der Waals surface area contributed by atoms with Gasteiger partial charge in [-0.05, 0) is 128 Å². The fourth-order valence-corrected chi connectivity index (χ4v) is 14.7. The molecular formula is C48H28Br2F14N4O6S4. The average Bonchev–Trinajstić information content (AvgIpc) is 3.95. The molecule has 0 saturated carbocycles. The van der Waals surface area contributed by atoms with E-state index < -0.39 is 102 Å². The van der Waals surface area contributed by atoms with Crippen molar-refractivity contribution >= 4 is 128 Å². The summed E-state index contributed by atoms with van der Waals surface area (Å²) in [6.45, 7) is -1.27. The minimum absolute atomic E-state index is 0.100. The van der Waals surface area contributed by atoms with Crippen LogP contribution in [0.3, 0.4) is 0 Å². The largest absolute Gasteiger partial charge is 0.471 e. The Morgan fingerprint density at radius 2 is 0.795 bits per heavy atom. The molecule has 0 atom stereocenters. The summed E-state index contributed by atoms with van der Waals surface area (Å²) in [5.41, 5.74) is -4.16. The Morgan fingerprint density at radius 3 is 1.09 bits per heavy atom. The molecular weight excluding hydrogens is 1280 g/mol. The number of hydrogen-bond acceptors (Lipinski definition) is 8. The number of amides is 2. The molecule has 78 heavy (non-hydrogen) atoms. The predicted octanol–water partition coefficient (Wildman–Crippen LogP) is 15.4. The highest BCUT2D eigenvalue weighted by atomic mass is 79.9. The lowest BCUT2D eigenvalue weighted by Gasteiger charge is -2.24. The van der Waals surface area contributed by atoms with Crippen LogP contribution in [0.5, 0.6) is 0 Å². The lowest BCUT2D eigenvalue weighted by molar-refractivity contribution is -0.167. The number of benzene rings is 6. The van der Waals surface area contributed by atoms with Gasteiger partial charge in [-0.25, -0.2) is 25.6 Å². The number of nitrogens with zero attached hydrogens (tertiary/aromatic N) is 2. The topological polar surface area (TPSA) is 133 Å². The van der Waals surface area contributed by atoms with Gasteiger partial charge in [-0.1, -0.05) is 48.5 Å². The standard InChI is InChI=1S/2C24H14BrF7N2O3S2/c2*25-20-16-3-1-2-4-19(16)38-21(20)34(12-13-5-10-18(26)17(11-13)23(27,28)29)39(36,37)15-8-6-14(7-9-15)33-22(35)24(30,31)32/h2*1-11H,12H2,(H,33,35). The van der Waals surface area contributed by atoms with Gasteiger partial charge in [-0.3, -0.25) is 18.2 Å². The number of alkyl halides is 12. The number of anilines is 4. The molecule has 0 bridgehead atoms. The van der Waals surface area contributed by atoms with Gasteiger partial charge in [0.05, 0.1) is 43.0 Å². The fourth-order valence-electron chi connectivity index (χ4n) is 7.04. The highest BCUT2D eigenvalue weighted by molar-refractivity contribution is 9.11. The number of nitrogens with one attached hydrogen (secondary N) is 2. The molecule has 0 unspecified atom stereocenters. The molecule has 2 heterocycles. The van der Waals surface area contributed by atoms with Gasteiger partial charge in [-0.2, -0.15) is 52.7 Å². The van der Waals surface area contributed by atoms with Gasteiger partial charge in [-0.15, -0.1) is 22.7 Å². The Kier molecular flexibility index (Phi) is 17.1. The second-order valence-corrected chi connectivity index (χ2v) is 23.4. The number of rotatable bonds is 12. The molecule has 10 nitrogen and oxygen atoms in total. The first kappa shape index (κ1) is 59.3. The summed E-state index contributed by atoms with van der Waals surface area (Å²) in [4.78, 5) is 21.5. The van der Waals surface area contributed by atoms with Gasteiger partial charge in [0, 0.05) is 31.5 Å². The van der Waals surface area contributed by atoms with Crippen molar-refractivity contribution in [2.75, 3.05) is 19.2 Å². The molecule has 0 aliphatic heterocycles. The molecule has 8 aromatic rings. The number of thiophene rings is 2. The summed E-state index contributed by atoms with van der Waals surface area (Å²) >= 11 is 8.76. The van der Waals surface area contributed by atoms with E-state index in [4.69, 9.17) is 0 Å². The molecule has 412 valence electrons. The third kappa shape index (κ3) is 13.2. The molecule has 2 N–H and O–H groups in total. The number of hydrogen-bond donors (Lipinski definition) is 2. The lowest BCUT2D eigenvalue weighted by Crippen LogP contribution is -2.31. The van der Waals surface area contributed by atoms with Crippen LogP contribution in [0.4, 0.5) is 82.8 Å². The van der Waals surface area contributed by atoms with E-state index in [9.17, 15) is 87.9 Å². The van der Waals surface area contributed by atoms with Gasteiger partial charge in [0.15, 0.2) is 0 Å². The number of carbonyl (C=O) groups is 2. The van der Waals surface area contributed by atoms with Crippen molar-refractivity contribution < 1.29 is 87.9 Å². The molecule has 0 aliphatic carbocycles. The van der Waals surface area contributed by atoms with E-state index in [1.807, 2.05) is 0 Å². The molecule has 2 amide bonds. The van der Waals surface area contributed by atoms with Crippen molar-refractivity contribution in [3.63, 3.8) is 0 Å². The zero-order valence-electron chi connectivity index (χ0n) is 38.1. The molecule has 2 aromatic heterocycles. The van der Waals surface area contributed by atoms with Crippen molar-refractivity contribution in [2.24, 2.45) is 0 Å². The lowest BCUT2D eigenvalue weighted by atomic mass is 10.1. The Labute approximate surface area is 456 Å². The molecule has 8 rings (SSSR count). The Morgan fingerprint density at radius 1 is 0.474 bits per heavy atom. The van der Waals surface area contributed by atoms with E-state index in [-0.39, 0.29) is 32.5 Å². The number of carbonyl (C=O) groups excluding carboxylic acids is 2. The van der Waals surface area contributed by atoms with Crippen LogP contribution in [0.2, 0.25) is 0 Å². The first-order chi connectivity index (χ1) is 36.2. The van der Waals surface area contributed by atoms with Crippen molar-refractivity contribution in [3.8, 4) is 0 Å². The summed E-state index contributed by atoms with van der Waals surface area (Å²) in [6.07, 6.45) is -20.4. The van der Waals surface area contributed by atoms with Crippen LogP contribution in [0.25, 0.3) is 20.2 Å². The average molecular weight is 1310 g/mol. The molecule has 6 aromatic carbocycles. The summed E-state index contributed by atoms with van der Waals surface area (Å²) in [5.74, 6) is -7.57. The van der Waals surface area contributed by atoms with Crippen LogP contribution >= 0.6 is 54.5 Å². The monoisotopic (exact) mass is 1310 g/mol. The highest BCUT2D eigenvalue weighted by Crippen LogP contribution is 2.47. The first-order valence-electron chi connectivity index (χ1n) is 21.2. The number of sulfonamides is 2. The van der Waals surface area contributed by atoms with Gasteiger partial charge in [0.25, 0.3) is 20.0 Å². The minimum Gasteiger partial charge on any atom is -0.318 e. The maximum absolute atomic E-state index is 13.9. The van der Waals surface area contributed by atoms with Crippen molar-refractivity contribution in [3.05, 3.63) is 176 Å². The van der Waals surface area contributed by atoms with E-state index in [0.717, 1.165) is 91.9 Å². The first-order valence-corrected chi connectivity index (χ1v) is 27.3.